The lowest BCUT2D eigenvalue weighted by Gasteiger charge is -2.28. The number of nitrogens with one attached hydrogen (secondary N) is 2. The van der Waals surface area contributed by atoms with Gasteiger partial charge in [0.1, 0.15) is 12.5 Å². The Kier molecular flexibility index (Phi) is 7.09. The van der Waals surface area contributed by atoms with Gasteiger partial charge in [-0.3, -0.25) is 15.5 Å². The van der Waals surface area contributed by atoms with Gasteiger partial charge in [-0.2, -0.15) is 0 Å². The van der Waals surface area contributed by atoms with Crippen LogP contribution < -0.4 is 10.6 Å². The average Bonchev–Trinajstić information content (AvgIpc) is 2.16. The van der Waals surface area contributed by atoms with Crippen molar-refractivity contribution in [3.8, 4) is 0 Å². The summed E-state index contributed by atoms with van der Waals surface area (Å²) in [5, 5.41) is 6.45. The van der Waals surface area contributed by atoms with Crippen LogP contribution in [0.15, 0.2) is 0 Å². The lowest BCUT2D eigenvalue weighted by atomic mass is 10.4. The summed E-state index contributed by atoms with van der Waals surface area (Å²) in [5.41, 5.74) is 0. The summed E-state index contributed by atoms with van der Waals surface area (Å²) in [6.45, 7) is 6.24. The van der Waals surface area contributed by atoms with Crippen molar-refractivity contribution < 1.29 is 4.74 Å². The average molecular weight is 203 g/mol. The Balaban J connectivity index is 3.89. The number of rotatable bonds is 7. The van der Waals surface area contributed by atoms with Crippen LogP contribution in [0.3, 0.4) is 0 Å². The van der Waals surface area contributed by atoms with E-state index in [4.69, 9.17) is 4.74 Å². The van der Waals surface area contributed by atoms with Crippen molar-refractivity contribution in [3.63, 3.8) is 0 Å². The molecule has 0 aliphatic heterocycles. The van der Waals surface area contributed by atoms with Gasteiger partial charge in [0.2, 0.25) is 0 Å². The predicted molar refractivity (Wildman–Crippen MR) is 60.0 cm³/mol. The SMILES string of the molecule is CCC(NC(C)N(C)C)OC(C)NC. The summed E-state index contributed by atoms with van der Waals surface area (Å²) < 4.78 is 5.72. The molecule has 0 saturated carbocycles. The Morgan fingerprint density at radius 3 is 2.21 bits per heavy atom. The monoisotopic (exact) mass is 203 g/mol. The van der Waals surface area contributed by atoms with Gasteiger partial charge in [0, 0.05) is 0 Å². The van der Waals surface area contributed by atoms with Gasteiger partial charge in [-0.05, 0) is 41.4 Å². The molecule has 14 heavy (non-hydrogen) atoms. The first-order valence-corrected chi connectivity index (χ1v) is 5.26. The molecule has 0 heterocycles. The second-order valence-electron chi connectivity index (χ2n) is 3.77. The van der Waals surface area contributed by atoms with Crippen LogP contribution in [0.2, 0.25) is 0 Å². The third-order valence-corrected chi connectivity index (χ3v) is 2.35. The summed E-state index contributed by atoms with van der Waals surface area (Å²) in [5.74, 6) is 0. The summed E-state index contributed by atoms with van der Waals surface area (Å²) in [6, 6.07) is 0. The minimum Gasteiger partial charge on any atom is -0.346 e. The van der Waals surface area contributed by atoms with E-state index in [1.54, 1.807) is 0 Å². The van der Waals surface area contributed by atoms with Crippen molar-refractivity contribution in [2.45, 2.75) is 45.8 Å². The Morgan fingerprint density at radius 1 is 1.29 bits per heavy atom. The smallest absolute Gasteiger partial charge is 0.111 e. The first-order chi connectivity index (χ1) is 6.51. The molecule has 4 heteroatoms. The van der Waals surface area contributed by atoms with Crippen molar-refractivity contribution in [1.82, 2.24) is 15.5 Å². The Labute approximate surface area is 88.0 Å². The van der Waals surface area contributed by atoms with Crippen LogP contribution in [0.4, 0.5) is 0 Å². The van der Waals surface area contributed by atoms with Crippen molar-refractivity contribution in [3.05, 3.63) is 0 Å². The van der Waals surface area contributed by atoms with Crippen LogP contribution in [0.1, 0.15) is 27.2 Å². The van der Waals surface area contributed by atoms with Gasteiger partial charge in [-0.1, -0.05) is 6.92 Å². The normalized spacial score (nSPS) is 18.2. The van der Waals surface area contributed by atoms with Crippen molar-refractivity contribution in [2.24, 2.45) is 0 Å². The summed E-state index contributed by atoms with van der Waals surface area (Å²) >= 11 is 0. The molecule has 0 radical (unpaired) electrons. The maximum atomic E-state index is 5.72. The Morgan fingerprint density at radius 2 is 1.86 bits per heavy atom. The number of hydrogen-bond acceptors (Lipinski definition) is 4. The molecule has 0 aliphatic carbocycles. The van der Waals surface area contributed by atoms with Gasteiger partial charge in [0.05, 0.1) is 6.17 Å². The van der Waals surface area contributed by atoms with Crippen LogP contribution in [-0.4, -0.2) is 44.7 Å². The van der Waals surface area contributed by atoms with Gasteiger partial charge in [0.15, 0.2) is 0 Å². The predicted octanol–water partition coefficient (Wildman–Crippen LogP) is 0.802. The fourth-order valence-electron chi connectivity index (χ4n) is 0.986. The Hall–Kier alpha value is -0.160. The zero-order chi connectivity index (χ0) is 11.1. The maximum absolute atomic E-state index is 5.72. The fraction of sp³-hybridized carbons (Fsp3) is 1.00. The zero-order valence-electron chi connectivity index (χ0n) is 10.3. The van der Waals surface area contributed by atoms with E-state index in [1.807, 2.05) is 28.1 Å². The molecule has 3 atom stereocenters. The highest BCUT2D eigenvalue weighted by Gasteiger charge is 2.13. The second-order valence-corrected chi connectivity index (χ2v) is 3.77. The standard InChI is InChI=1S/C10H25N3O/c1-7-10(14-9(3)11-4)12-8(2)13(5)6/h8-12H,7H2,1-6H3. The first kappa shape index (κ1) is 13.8. The van der Waals surface area contributed by atoms with Crippen LogP contribution >= 0.6 is 0 Å². The zero-order valence-corrected chi connectivity index (χ0v) is 10.3. The van der Waals surface area contributed by atoms with Crippen molar-refractivity contribution in [1.29, 1.82) is 0 Å². The first-order valence-electron chi connectivity index (χ1n) is 5.26. The van der Waals surface area contributed by atoms with Gasteiger partial charge in [0.25, 0.3) is 0 Å². The van der Waals surface area contributed by atoms with Gasteiger partial charge < -0.3 is 4.74 Å². The molecule has 0 aromatic heterocycles. The molecule has 0 fully saturated rings. The van der Waals surface area contributed by atoms with Crippen molar-refractivity contribution >= 4 is 0 Å². The third-order valence-electron chi connectivity index (χ3n) is 2.35. The topological polar surface area (TPSA) is 36.5 Å². The minimum atomic E-state index is 0.0850. The molecule has 3 unspecified atom stereocenters. The van der Waals surface area contributed by atoms with Crippen LogP contribution in [-0.2, 0) is 4.74 Å². The van der Waals surface area contributed by atoms with Crippen LogP contribution in [0.25, 0.3) is 0 Å². The number of hydrogen-bond donors (Lipinski definition) is 2. The Bertz CT molecular complexity index is 141. The van der Waals surface area contributed by atoms with Crippen LogP contribution in [0, 0.1) is 0 Å². The van der Waals surface area contributed by atoms with E-state index in [0.29, 0.717) is 6.17 Å². The van der Waals surface area contributed by atoms with E-state index >= 15 is 0 Å². The summed E-state index contributed by atoms with van der Waals surface area (Å²) in [6.07, 6.45) is 1.48. The van der Waals surface area contributed by atoms with Gasteiger partial charge >= 0.3 is 0 Å². The fourth-order valence-corrected chi connectivity index (χ4v) is 0.986. The summed E-state index contributed by atoms with van der Waals surface area (Å²) in [4.78, 5) is 2.12. The van der Waals surface area contributed by atoms with Crippen LogP contribution in [0.5, 0.6) is 0 Å². The molecule has 0 bridgehead atoms. The molecule has 0 spiro atoms. The second kappa shape index (κ2) is 7.17. The van der Waals surface area contributed by atoms with E-state index in [2.05, 4.69) is 29.4 Å². The molecule has 0 amide bonds. The summed E-state index contributed by atoms with van der Waals surface area (Å²) in [7, 11) is 5.99. The molecule has 2 N–H and O–H groups in total. The molecule has 0 rings (SSSR count). The highest BCUT2D eigenvalue weighted by atomic mass is 16.5. The van der Waals surface area contributed by atoms with Gasteiger partial charge in [-0.25, -0.2) is 0 Å². The number of ether oxygens (including phenoxy) is 1. The molecule has 0 aromatic rings. The highest BCUT2D eigenvalue weighted by Crippen LogP contribution is 2.00. The molecule has 86 valence electrons. The molecule has 0 aromatic carbocycles. The maximum Gasteiger partial charge on any atom is 0.111 e. The van der Waals surface area contributed by atoms with E-state index in [1.165, 1.54) is 0 Å². The number of nitrogens with zero attached hydrogens (tertiary/aromatic N) is 1. The van der Waals surface area contributed by atoms with Gasteiger partial charge in [-0.15, -0.1) is 0 Å². The molecule has 4 nitrogen and oxygen atoms in total. The minimum absolute atomic E-state index is 0.0850. The van der Waals surface area contributed by atoms with E-state index in [-0.39, 0.29) is 12.5 Å². The molecular formula is C10H25N3O. The highest BCUT2D eigenvalue weighted by molar-refractivity contribution is 4.61. The third kappa shape index (κ3) is 5.54. The quantitative estimate of drug-likeness (QED) is 0.600. The lowest BCUT2D eigenvalue weighted by Crippen LogP contribution is -2.47. The molecular weight excluding hydrogens is 178 g/mol. The molecule has 0 saturated heterocycles. The largest absolute Gasteiger partial charge is 0.346 e. The van der Waals surface area contributed by atoms with Crippen molar-refractivity contribution in [2.75, 3.05) is 21.1 Å². The van der Waals surface area contributed by atoms with E-state index in [9.17, 15) is 0 Å². The van der Waals surface area contributed by atoms with E-state index in [0.717, 1.165) is 6.42 Å². The van der Waals surface area contributed by atoms with E-state index < -0.39 is 0 Å². The lowest BCUT2D eigenvalue weighted by molar-refractivity contribution is -0.0483. The molecule has 0 aliphatic rings.